The normalized spacial score (nSPS) is 24.6. The Morgan fingerprint density at radius 2 is 2.36 bits per heavy atom. The number of nitrogens with zero attached hydrogens (tertiary/aromatic N) is 1. The first kappa shape index (κ1) is 8.53. The fourth-order valence-corrected chi connectivity index (χ4v) is 1.49. The van der Waals surface area contributed by atoms with Crippen LogP contribution >= 0.6 is 0 Å². The Balaban J connectivity index is 2.24. The van der Waals surface area contributed by atoms with Crippen molar-refractivity contribution in [3.8, 4) is 0 Å². The molecular formula is C8H16N2O. The SMILES string of the molecule is CC(C)NC1CCN(C=O)C1. The van der Waals surface area contributed by atoms with Gasteiger partial charge in [-0.15, -0.1) is 0 Å². The molecule has 11 heavy (non-hydrogen) atoms. The topological polar surface area (TPSA) is 32.3 Å². The van der Waals surface area contributed by atoms with Crippen molar-refractivity contribution in [1.82, 2.24) is 10.2 Å². The lowest BCUT2D eigenvalue weighted by Gasteiger charge is -2.15. The molecule has 0 radical (unpaired) electrons. The van der Waals surface area contributed by atoms with Crippen LogP contribution in [-0.4, -0.2) is 36.5 Å². The average molecular weight is 156 g/mol. The molecule has 3 nitrogen and oxygen atoms in total. The minimum atomic E-state index is 0.514. The van der Waals surface area contributed by atoms with Crippen molar-refractivity contribution in [2.24, 2.45) is 0 Å². The summed E-state index contributed by atoms with van der Waals surface area (Å²) < 4.78 is 0. The molecule has 3 heteroatoms. The summed E-state index contributed by atoms with van der Waals surface area (Å²) in [5.41, 5.74) is 0. The summed E-state index contributed by atoms with van der Waals surface area (Å²) >= 11 is 0. The monoisotopic (exact) mass is 156 g/mol. The quantitative estimate of drug-likeness (QED) is 0.593. The highest BCUT2D eigenvalue weighted by Crippen LogP contribution is 2.06. The maximum absolute atomic E-state index is 10.3. The summed E-state index contributed by atoms with van der Waals surface area (Å²) in [6.07, 6.45) is 2.03. The molecule has 0 aromatic carbocycles. The number of hydrogen-bond donors (Lipinski definition) is 1. The largest absolute Gasteiger partial charge is 0.344 e. The van der Waals surface area contributed by atoms with Gasteiger partial charge in [-0.25, -0.2) is 0 Å². The molecule has 64 valence electrons. The van der Waals surface area contributed by atoms with Crippen LogP contribution in [0.2, 0.25) is 0 Å². The first-order valence-corrected chi connectivity index (χ1v) is 4.17. The fraction of sp³-hybridized carbons (Fsp3) is 0.875. The summed E-state index contributed by atoms with van der Waals surface area (Å²) in [7, 11) is 0. The van der Waals surface area contributed by atoms with Gasteiger partial charge in [-0.05, 0) is 6.42 Å². The van der Waals surface area contributed by atoms with Crippen molar-refractivity contribution >= 4 is 6.41 Å². The lowest BCUT2D eigenvalue weighted by Crippen LogP contribution is -2.36. The molecule has 0 aliphatic carbocycles. The Labute approximate surface area is 67.8 Å². The predicted molar refractivity (Wildman–Crippen MR) is 44.3 cm³/mol. The number of carbonyl (C=O) groups is 1. The summed E-state index contributed by atoms with van der Waals surface area (Å²) in [4.78, 5) is 12.2. The second-order valence-corrected chi connectivity index (χ2v) is 3.41. The number of likely N-dealkylation sites (tertiary alicyclic amines) is 1. The molecule has 1 amide bonds. The third-order valence-corrected chi connectivity index (χ3v) is 1.94. The van der Waals surface area contributed by atoms with Crippen LogP contribution < -0.4 is 5.32 Å². The van der Waals surface area contributed by atoms with Gasteiger partial charge in [0.1, 0.15) is 0 Å². The minimum absolute atomic E-state index is 0.514. The number of rotatable bonds is 3. The Kier molecular flexibility index (Phi) is 2.88. The van der Waals surface area contributed by atoms with Crippen LogP contribution in [0, 0.1) is 0 Å². The molecule has 1 saturated heterocycles. The first-order chi connectivity index (χ1) is 5.22. The van der Waals surface area contributed by atoms with Crippen LogP contribution in [0.4, 0.5) is 0 Å². The van der Waals surface area contributed by atoms with E-state index < -0.39 is 0 Å². The van der Waals surface area contributed by atoms with Crippen LogP contribution in [0.25, 0.3) is 0 Å². The van der Waals surface area contributed by atoms with Crippen LogP contribution in [-0.2, 0) is 4.79 Å². The zero-order valence-corrected chi connectivity index (χ0v) is 7.21. The third kappa shape index (κ3) is 2.50. The zero-order valence-electron chi connectivity index (χ0n) is 7.21. The van der Waals surface area contributed by atoms with E-state index in [4.69, 9.17) is 0 Å². The van der Waals surface area contributed by atoms with E-state index in [0.717, 1.165) is 25.9 Å². The van der Waals surface area contributed by atoms with Crippen LogP contribution in [0.5, 0.6) is 0 Å². The Morgan fingerprint density at radius 1 is 1.64 bits per heavy atom. The fourth-order valence-electron chi connectivity index (χ4n) is 1.49. The average Bonchev–Trinajstić information content (AvgIpc) is 2.34. The molecule has 0 aromatic rings. The molecule has 1 heterocycles. The summed E-state index contributed by atoms with van der Waals surface area (Å²) in [5, 5.41) is 3.41. The molecule has 1 fully saturated rings. The molecule has 1 atom stereocenters. The highest BCUT2D eigenvalue weighted by Gasteiger charge is 2.20. The lowest BCUT2D eigenvalue weighted by molar-refractivity contribution is -0.117. The standard InChI is InChI=1S/C8H16N2O/c1-7(2)9-8-3-4-10(5-8)6-11/h6-9H,3-5H2,1-2H3. The number of hydrogen-bond acceptors (Lipinski definition) is 2. The van der Waals surface area contributed by atoms with Crippen molar-refractivity contribution in [3.05, 3.63) is 0 Å². The molecular weight excluding hydrogens is 140 g/mol. The van der Waals surface area contributed by atoms with E-state index in [2.05, 4.69) is 19.2 Å². The maximum Gasteiger partial charge on any atom is 0.209 e. The maximum atomic E-state index is 10.3. The van der Waals surface area contributed by atoms with Gasteiger partial charge in [0.05, 0.1) is 0 Å². The zero-order chi connectivity index (χ0) is 8.27. The van der Waals surface area contributed by atoms with E-state index in [0.29, 0.717) is 12.1 Å². The molecule has 0 spiro atoms. The lowest BCUT2D eigenvalue weighted by atomic mass is 10.2. The van der Waals surface area contributed by atoms with Crippen molar-refractivity contribution in [1.29, 1.82) is 0 Å². The summed E-state index contributed by atoms with van der Waals surface area (Å²) in [6, 6.07) is 1.03. The van der Waals surface area contributed by atoms with Crippen LogP contribution in [0.15, 0.2) is 0 Å². The molecule has 1 aliphatic rings. The first-order valence-electron chi connectivity index (χ1n) is 4.17. The van der Waals surface area contributed by atoms with Gasteiger partial charge < -0.3 is 10.2 Å². The van der Waals surface area contributed by atoms with Gasteiger partial charge in [0.25, 0.3) is 0 Å². The molecule has 0 bridgehead atoms. The minimum Gasteiger partial charge on any atom is -0.344 e. The van der Waals surface area contributed by atoms with Gasteiger partial charge in [-0.1, -0.05) is 13.8 Å². The molecule has 1 aliphatic heterocycles. The second-order valence-electron chi connectivity index (χ2n) is 3.41. The predicted octanol–water partition coefficient (Wildman–Crippen LogP) is 0.215. The Morgan fingerprint density at radius 3 is 2.82 bits per heavy atom. The molecule has 1 unspecified atom stereocenters. The van der Waals surface area contributed by atoms with Crippen molar-refractivity contribution in [2.75, 3.05) is 13.1 Å². The number of carbonyl (C=O) groups excluding carboxylic acids is 1. The highest BCUT2D eigenvalue weighted by molar-refractivity contribution is 5.47. The van der Waals surface area contributed by atoms with Crippen molar-refractivity contribution in [3.63, 3.8) is 0 Å². The van der Waals surface area contributed by atoms with Gasteiger partial charge in [-0.3, -0.25) is 4.79 Å². The van der Waals surface area contributed by atoms with Crippen LogP contribution in [0.3, 0.4) is 0 Å². The number of nitrogens with one attached hydrogen (secondary N) is 1. The van der Waals surface area contributed by atoms with Crippen LogP contribution in [0.1, 0.15) is 20.3 Å². The molecule has 0 aromatic heterocycles. The summed E-state index contributed by atoms with van der Waals surface area (Å²) in [5.74, 6) is 0. The number of amides is 1. The van der Waals surface area contributed by atoms with E-state index in [1.54, 1.807) is 0 Å². The van der Waals surface area contributed by atoms with Gasteiger partial charge in [0.2, 0.25) is 6.41 Å². The molecule has 1 N–H and O–H groups in total. The van der Waals surface area contributed by atoms with Gasteiger partial charge in [-0.2, -0.15) is 0 Å². The van der Waals surface area contributed by atoms with Gasteiger partial charge >= 0.3 is 0 Å². The van der Waals surface area contributed by atoms with Crippen molar-refractivity contribution in [2.45, 2.75) is 32.4 Å². The highest BCUT2D eigenvalue weighted by atomic mass is 16.1. The van der Waals surface area contributed by atoms with Crippen molar-refractivity contribution < 1.29 is 4.79 Å². The van der Waals surface area contributed by atoms with E-state index in [1.165, 1.54) is 0 Å². The van der Waals surface area contributed by atoms with E-state index in [9.17, 15) is 4.79 Å². The molecule has 1 rings (SSSR count). The Bertz CT molecular complexity index is 136. The molecule has 0 saturated carbocycles. The third-order valence-electron chi connectivity index (χ3n) is 1.94. The van der Waals surface area contributed by atoms with E-state index >= 15 is 0 Å². The Hall–Kier alpha value is -0.570. The van der Waals surface area contributed by atoms with Gasteiger partial charge in [0.15, 0.2) is 0 Å². The van der Waals surface area contributed by atoms with E-state index in [1.807, 2.05) is 4.90 Å². The second kappa shape index (κ2) is 3.72. The summed E-state index contributed by atoms with van der Waals surface area (Å²) in [6.45, 7) is 6.04. The smallest absolute Gasteiger partial charge is 0.209 e. The van der Waals surface area contributed by atoms with Gasteiger partial charge in [0, 0.05) is 25.2 Å². The van der Waals surface area contributed by atoms with E-state index in [-0.39, 0.29) is 0 Å².